The summed E-state index contributed by atoms with van der Waals surface area (Å²) in [6.45, 7) is 1.76. The maximum absolute atomic E-state index is 11.9. The molecule has 0 aliphatic rings. The number of anilines is 1. The lowest BCUT2D eigenvalue weighted by molar-refractivity contribution is 0.0690. The number of aromatic amines is 1. The zero-order valence-electron chi connectivity index (χ0n) is 9.76. The summed E-state index contributed by atoms with van der Waals surface area (Å²) in [5, 5.41) is 21.1. The first kappa shape index (κ1) is 11.8. The van der Waals surface area contributed by atoms with Gasteiger partial charge in [0.1, 0.15) is 5.69 Å². The number of hydrogen-bond acceptors (Lipinski definition) is 4. The summed E-state index contributed by atoms with van der Waals surface area (Å²) in [5.74, 6) is -1.37. The molecular formula is C10H11N5O3. The van der Waals surface area contributed by atoms with E-state index in [9.17, 15) is 9.59 Å². The summed E-state index contributed by atoms with van der Waals surface area (Å²) in [6, 6.07) is 1.24. The molecule has 3 N–H and O–H groups in total. The van der Waals surface area contributed by atoms with Gasteiger partial charge in [-0.2, -0.15) is 10.2 Å². The number of aromatic nitrogens is 4. The first-order chi connectivity index (χ1) is 8.49. The molecule has 0 bridgehead atoms. The number of aromatic carboxylic acids is 1. The molecule has 0 spiro atoms. The van der Waals surface area contributed by atoms with Crippen LogP contribution in [0.15, 0.2) is 12.3 Å². The Bertz CT molecular complexity index is 613. The van der Waals surface area contributed by atoms with Gasteiger partial charge in [-0.15, -0.1) is 0 Å². The van der Waals surface area contributed by atoms with Crippen LogP contribution in [0.2, 0.25) is 0 Å². The largest absolute Gasteiger partial charge is 0.477 e. The normalized spacial score (nSPS) is 10.3. The van der Waals surface area contributed by atoms with Crippen LogP contribution in [0.25, 0.3) is 0 Å². The molecule has 18 heavy (non-hydrogen) atoms. The van der Waals surface area contributed by atoms with Gasteiger partial charge in [0.2, 0.25) is 0 Å². The van der Waals surface area contributed by atoms with E-state index in [2.05, 4.69) is 20.6 Å². The molecule has 0 aliphatic carbocycles. The summed E-state index contributed by atoms with van der Waals surface area (Å²) in [6.07, 6.45) is 1.44. The molecule has 0 saturated heterocycles. The first-order valence-corrected chi connectivity index (χ1v) is 5.07. The molecule has 0 radical (unpaired) electrons. The minimum atomic E-state index is -1.14. The van der Waals surface area contributed by atoms with Crippen LogP contribution in [-0.2, 0) is 7.05 Å². The Hall–Kier alpha value is -2.64. The van der Waals surface area contributed by atoms with E-state index in [1.54, 1.807) is 18.7 Å². The third kappa shape index (κ3) is 2.08. The molecule has 0 aliphatic heterocycles. The predicted molar refractivity (Wildman–Crippen MR) is 61.4 cm³/mol. The van der Waals surface area contributed by atoms with E-state index < -0.39 is 5.97 Å². The highest BCUT2D eigenvalue weighted by Gasteiger charge is 2.15. The lowest BCUT2D eigenvalue weighted by Gasteiger charge is -2.00. The minimum absolute atomic E-state index is 0.0896. The molecule has 0 aromatic carbocycles. The van der Waals surface area contributed by atoms with Crippen LogP contribution < -0.4 is 5.32 Å². The molecule has 8 nitrogen and oxygen atoms in total. The van der Waals surface area contributed by atoms with E-state index in [4.69, 9.17) is 5.11 Å². The predicted octanol–water partition coefficient (Wildman–Crippen LogP) is 0.402. The molecule has 8 heteroatoms. The van der Waals surface area contributed by atoms with Crippen molar-refractivity contribution in [3.05, 3.63) is 29.2 Å². The number of H-pyrrole nitrogens is 1. The lowest BCUT2D eigenvalue weighted by Crippen LogP contribution is -2.13. The Balaban J connectivity index is 2.16. The zero-order chi connectivity index (χ0) is 13.3. The Morgan fingerprint density at radius 2 is 2.22 bits per heavy atom. The number of nitrogens with zero attached hydrogens (tertiary/aromatic N) is 3. The quantitative estimate of drug-likeness (QED) is 0.728. The highest BCUT2D eigenvalue weighted by molar-refractivity contribution is 6.04. The fourth-order valence-corrected chi connectivity index (χ4v) is 1.40. The van der Waals surface area contributed by atoms with Gasteiger partial charge >= 0.3 is 5.97 Å². The standard InChI is InChI=1S/C10H11N5O3/c1-5-6(4-11-15(5)2)9(16)12-8-3-7(10(17)18)13-14-8/h3-4H,1-2H3,(H,17,18)(H2,12,13,14,16). The fraction of sp³-hybridized carbons (Fsp3) is 0.200. The second kappa shape index (κ2) is 4.32. The third-order valence-electron chi connectivity index (χ3n) is 2.53. The van der Waals surface area contributed by atoms with E-state index in [1.807, 2.05) is 0 Å². The number of nitrogens with one attached hydrogen (secondary N) is 2. The second-order valence-electron chi connectivity index (χ2n) is 3.69. The van der Waals surface area contributed by atoms with Gasteiger partial charge in [0, 0.05) is 18.8 Å². The van der Waals surface area contributed by atoms with Crippen LogP contribution in [0.5, 0.6) is 0 Å². The molecule has 0 fully saturated rings. The maximum Gasteiger partial charge on any atom is 0.353 e. The molecule has 0 unspecified atom stereocenters. The third-order valence-corrected chi connectivity index (χ3v) is 2.53. The molecule has 1 amide bonds. The maximum atomic E-state index is 11.9. The first-order valence-electron chi connectivity index (χ1n) is 5.07. The average molecular weight is 249 g/mol. The molecule has 0 saturated carbocycles. The van der Waals surface area contributed by atoms with Crippen molar-refractivity contribution in [2.24, 2.45) is 7.05 Å². The van der Waals surface area contributed by atoms with E-state index in [0.29, 0.717) is 11.3 Å². The van der Waals surface area contributed by atoms with Crippen molar-refractivity contribution in [1.29, 1.82) is 0 Å². The van der Waals surface area contributed by atoms with Gasteiger partial charge in [-0.25, -0.2) is 4.79 Å². The number of hydrogen-bond donors (Lipinski definition) is 3. The summed E-state index contributed by atoms with van der Waals surface area (Å²) < 4.78 is 1.57. The zero-order valence-corrected chi connectivity index (χ0v) is 9.76. The van der Waals surface area contributed by atoms with Crippen LogP contribution in [0, 0.1) is 6.92 Å². The lowest BCUT2D eigenvalue weighted by atomic mass is 10.2. The van der Waals surface area contributed by atoms with Gasteiger partial charge in [0.25, 0.3) is 5.91 Å². The van der Waals surface area contributed by atoms with Crippen molar-refractivity contribution >= 4 is 17.7 Å². The molecular weight excluding hydrogens is 238 g/mol. The van der Waals surface area contributed by atoms with Crippen molar-refractivity contribution in [3.8, 4) is 0 Å². The van der Waals surface area contributed by atoms with Crippen LogP contribution in [0.4, 0.5) is 5.82 Å². The average Bonchev–Trinajstić information content (AvgIpc) is 2.88. The second-order valence-corrected chi connectivity index (χ2v) is 3.69. The summed E-state index contributed by atoms with van der Waals surface area (Å²) in [7, 11) is 1.73. The van der Waals surface area contributed by atoms with Crippen molar-refractivity contribution in [1.82, 2.24) is 20.0 Å². The molecule has 2 rings (SSSR count). The SMILES string of the molecule is Cc1c(C(=O)Nc2cc(C(=O)O)[nH]n2)cnn1C. The molecule has 2 heterocycles. The number of rotatable bonds is 3. The topological polar surface area (TPSA) is 113 Å². The molecule has 2 aromatic heterocycles. The van der Waals surface area contributed by atoms with E-state index in [0.717, 1.165) is 0 Å². The molecule has 0 atom stereocenters. The number of carbonyl (C=O) groups excluding carboxylic acids is 1. The van der Waals surface area contributed by atoms with Gasteiger partial charge in [0.05, 0.1) is 11.8 Å². The summed E-state index contributed by atoms with van der Waals surface area (Å²) in [5.41, 5.74) is 1.03. The van der Waals surface area contributed by atoms with Crippen molar-refractivity contribution in [2.45, 2.75) is 6.92 Å². The van der Waals surface area contributed by atoms with Crippen LogP contribution in [0.3, 0.4) is 0 Å². The summed E-state index contributed by atoms with van der Waals surface area (Å²) >= 11 is 0. The number of carboxylic acid groups (broad SMARTS) is 1. The summed E-state index contributed by atoms with van der Waals surface area (Å²) in [4.78, 5) is 22.5. The fourth-order valence-electron chi connectivity index (χ4n) is 1.40. The Morgan fingerprint density at radius 3 is 2.72 bits per heavy atom. The van der Waals surface area contributed by atoms with Gasteiger partial charge < -0.3 is 10.4 Å². The number of aryl methyl sites for hydroxylation is 1. The van der Waals surface area contributed by atoms with Crippen LogP contribution >= 0.6 is 0 Å². The van der Waals surface area contributed by atoms with E-state index in [1.165, 1.54) is 12.3 Å². The number of amides is 1. The van der Waals surface area contributed by atoms with Crippen molar-refractivity contribution < 1.29 is 14.7 Å². The van der Waals surface area contributed by atoms with Crippen LogP contribution in [-0.4, -0.2) is 37.0 Å². The van der Waals surface area contributed by atoms with Gasteiger partial charge in [-0.1, -0.05) is 0 Å². The molecule has 94 valence electrons. The molecule has 2 aromatic rings. The smallest absolute Gasteiger partial charge is 0.353 e. The van der Waals surface area contributed by atoms with Crippen molar-refractivity contribution in [3.63, 3.8) is 0 Å². The van der Waals surface area contributed by atoms with Gasteiger partial charge in [-0.3, -0.25) is 14.6 Å². The monoisotopic (exact) mass is 249 g/mol. The van der Waals surface area contributed by atoms with Gasteiger partial charge in [0.15, 0.2) is 5.82 Å². The Kier molecular flexibility index (Phi) is 2.84. The number of carboxylic acids is 1. The van der Waals surface area contributed by atoms with E-state index in [-0.39, 0.29) is 17.4 Å². The Labute approximate surface area is 102 Å². The highest BCUT2D eigenvalue weighted by atomic mass is 16.4. The highest BCUT2D eigenvalue weighted by Crippen LogP contribution is 2.10. The van der Waals surface area contributed by atoms with Gasteiger partial charge in [-0.05, 0) is 6.92 Å². The minimum Gasteiger partial charge on any atom is -0.477 e. The van der Waals surface area contributed by atoms with E-state index >= 15 is 0 Å². The number of carbonyl (C=O) groups is 2. The van der Waals surface area contributed by atoms with Crippen molar-refractivity contribution in [2.75, 3.05) is 5.32 Å². The van der Waals surface area contributed by atoms with Crippen LogP contribution in [0.1, 0.15) is 26.5 Å². The Morgan fingerprint density at radius 1 is 1.50 bits per heavy atom.